The topological polar surface area (TPSA) is 46.5 Å². The van der Waals surface area contributed by atoms with Crippen LogP contribution in [-0.2, 0) is 0 Å². The number of halogens is 6. The Morgan fingerprint density at radius 2 is 1.88 bits per heavy atom. The second kappa shape index (κ2) is 4.36. The third-order valence-corrected chi connectivity index (χ3v) is 1.86. The Balaban J connectivity index is 3.41. The van der Waals surface area contributed by atoms with Gasteiger partial charge in [-0.3, -0.25) is 0 Å². The molecule has 0 atom stereocenters. The zero-order valence-corrected chi connectivity index (χ0v) is 8.36. The molecule has 17 heavy (non-hydrogen) atoms. The Kier molecular flexibility index (Phi) is 3.46. The van der Waals surface area contributed by atoms with E-state index in [1.807, 2.05) is 0 Å². The third kappa shape index (κ3) is 2.96. The zero-order valence-electron chi connectivity index (χ0n) is 7.61. The number of rotatable bonds is 2. The predicted molar refractivity (Wildman–Crippen MR) is 45.0 cm³/mol. The van der Waals surface area contributed by atoms with Gasteiger partial charge in [-0.2, -0.15) is 0 Å². The summed E-state index contributed by atoms with van der Waals surface area (Å²) < 4.78 is 64.6. The maximum Gasteiger partial charge on any atom is 0.573 e. The van der Waals surface area contributed by atoms with Crippen molar-refractivity contribution in [3.05, 3.63) is 28.3 Å². The summed E-state index contributed by atoms with van der Waals surface area (Å²) in [6, 6.07) is 0.217. The molecular weight excluding hydrogens is 275 g/mol. The summed E-state index contributed by atoms with van der Waals surface area (Å²) in [5.41, 5.74) is -1.30. The van der Waals surface area contributed by atoms with Gasteiger partial charge in [-0.05, 0) is 6.07 Å². The molecule has 0 unspecified atom stereocenters. The maximum atomic E-state index is 13.2. The van der Waals surface area contributed by atoms with E-state index in [0.29, 0.717) is 0 Å². The normalized spacial score (nSPS) is 11.4. The SMILES string of the molecule is O=C(O)c1c(Cl)cc(F)c(OC(F)(F)F)c1F. The first-order valence-electron chi connectivity index (χ1n) is 3.80. The lowest BCUT2D eigenvalue weighted by molar-refractivity contribution is -0.276. The number of carboxylic acid groups (broad SMARTS) is 1. The van der Waals surface area contributed by atoms with Crippen LogP contribution in [0.4, 0.5) is 22.0 Å². The van der Waals surface area contributed by atoms with Crippen LogP contribution in [0.1, 0.15) is 10.4 Å². The fraction of sp³-hybridized carbons (Fsp3) is 0.125. The van der Waals surface area contributed by atoms with E-state index in [0.717, 1.165) is 0 Å². The van der Waals surface area contributed by atoms with Crippen LogP contribution in [0.25, 0.3) is 0 Å². The summed E-state index contributed by atoms with van der Waals surface area (Å²) in [5, 5.41) is 7.60. The van der Waals surface area contributed by atoms with Gasteiger partial charge < -0.3 is 9.84 Å². The molecule has 0 amide bonds. The minimum atomic E-state index is -5.36. The van der Waals surface area contributed by atoms with Gasteiger partial charge in [-0.25, -0.2) is 13.6 Å². The highest BCUT2D eigenvalue weighted by atomic mass is 35.5. The Hall–Kier alpha value is -1.57. The second-order valence-corrected chi connectivity index (χ2v) is 3.12. The Morgan fingerprint density at radius 1 is 1.35 bits per heavy atom. The molecule has 0 saturated carbocycles. The molecule has 1 rings (SSSR count). The quantitative estimate of drug-likeness (QED) is 0.844. The molecule has 0 spiro atoms. The number of hydrogen-bond donors (Lipinski definition) is 1. The van der Waals surface area contributed by atoms with E-state index in [9.17, 15) is 26.7 Å². The van der Waals surface area contributed by atoms with Gasteiger partial charge in [0.1, 0.15) is 5.56 Å². The first-order chi connectivity index (χ1) is 7.63. The molecule has 9 heteroatoms. The molecule has 0 saturated heterocycles. The van der Waals surface area contributed by atoms with E-state index in [1.165, 1.54) is 0 Å². The van der Waals surface area contributed by atoms with Crippen LogP contribution in [-0.4, -0.2) is 17.4 Å². The number of carboxylic acids is 1. The molecule has 0 aliphatic carbocycles. The van der Waals surface area contributed by atoms with Gasteiger partial charge in [-0.1, -0.05) is 11.6 Å². The van der Waals surface area contributed by atoms with E-state index in [4.69, 9.17) is 16.7 Å². The van der Waals surface area contributed by atoms with Gasteiger partial charge in [0.25, 0.3) is 0 Å². The van der Waals surface area contributed by atoms with Crippen molar-refractivity contribution >= 4 is 17.6 Å². The minimum absolute atomic E-state index is 0.217. The molecule has 0 heterocycles. The van der Waals surface area contributed by atoms with Crippen molar-refractivity contribution in [2.75, 3.05) is 0 Å². The average Bonchev–Trinajstić information content (AvgIpc) is 2.09. The Morgan fingerprint density at radius 3 is 2.29 bits per heavy atom. The molecule has 1 N–H and O–H groups in total. The maximum absolute atomic E-state index is 13.2. The summed E-state index contributed by atoms with van der Waals surface area (Å²) in [6.45, 7) is 0. The van der Waals surface area contributed by atoms with Crippen molar-refractivity contribution in [1.82, 2.24) is 0 Å². The summed E-state index contributed by atoms with van der Waals surface area (Å²) in [4.78, 5) is 10.5. The number of carbonyl (C=O) groups is 1. The van der Waals surface area contributed by atoms with Crippen LogP contribution in [0.15, 0.2) is 6.07 Å². The van der Waals surface area contributed by atoms with Crippen molar-refractivity contribution in [2.24, 2.45) is 0 Å². The van der Waals surface area contributed by atoms with E-state index in [2.05, 4.69) is 4.74 Å². The minimum Gasteiger partial charge on any atom is -0.478 e. The summed E-state index contributed by atoms with van der Waals surface area (Å²) in [7, 11) is 0. The van der Waals surface area contributed by atoms with Crippen LogP contribution in [0, 0.1) is 11.6 Å². The fourth-order valence-corrected chi connectivity index (χ4v) is 1.24. The van der Waals surface area contributed by atoms with Gasteiger partial charge in [0.2, 0.25) is 5.75 Å². The molecule has 0 radical (unpaired) electrons. The molecule has 0 aliphatic heterocycles. The van der Waals surface area contributed by atoms with Crippen molar-refractivity contribution in [3.63, 3.8) is 0 Å². The zero-order chi connectivity index (χ0) is 13.4. The van der Waals surface area contributed by atoms with Crippen molar-refractivity contribution in [3.8, 4) is 5.75 Å². The standard InChI is InChI=1S/C8H2ClF5O3/c9-2-1-3(10)6(17-8(12,13)14)5(11)4(2)7(15)16/h1H,(H,15,16). The number of alkyl halides is 3. The van der Waals surface area contributed by atoms with Crippen LogP contribution in [0.2, 0.25) is 5.02 Å². The van der Waals surface area contributed by atoms with Gasteiger partial charge in [-0.15, -0.1) is 13.2 Å². The fourth-order valence-electron chi connectivity index (χ4n) is 0.978. The third-order valence-electron chi connectivity index (χ3n) is 1.56. The lowest BCUT2D eigenvalue weighted by Crippen LogP contribution is -2.20. The average molecular weight is 277 g/mol. The molecule has 0 bridgehead atoms. The van der Waals surface area contributed by atoms with Crippen LogP contribution >= 0.6 is 11.6 Å². The Bertz CT molecular complexity index is 471. The molecule has 0 fully saturated rings. The molecule has 1 aromatic rings. The highest BCUT2D eigenvalue weighted by molar-refractivity contribution is 6.33. The Labute approximate surface area is 95.4 Å². The van der Waals surface area contributed by atoms with Crippen molar-refractivity contribution < 1.29 is 36.6 Å². The summed E-state index contributed by atoms with van der Waals surface area (Å²) in [6.07, 6.45) is -5.36. The van der Waals surface area contributed by atoms with Crippen LogP contribution < -0.4 is 4.74 Å². The molecule has 1 aromatic carbocycles. The number of hydrogen-bond acceptors (Lipinski definition) is 2. The lowest BCUT2D eigenvalue weighted by atomic mass is 10.2. The van der Waals surface area contributed by atoms with Gasteiger partial charge in [0, 0.05) is 0 Å². The molecular formula is C8H2ClF5O3. The predicted octanol–water partition coefficient (Wildman–Crippen LogP) is 3.21. The van der Waals surface area contributed by atoms with E-state index in [-0.39, 0.29) is 6.07 Å². The lowest BCUT2D eigenvalue weighted by Gasteiger charge is -2.12. The molecule has 0 aliphatic rings. The van der Waals surface area contributed by atoms with Crippen LogP contribution in [0.5, 0.6) is 5.75 Å². The first-order valence-corrected chi connectivity index (χ1v) is 4.18. The smallest absolute Gasteiger partial charge is 0.478 e. The van der Waals surface area contributed by atoms with Gasteiger partial charge in [0.05, 0.1) is 5.02 Å². The van der Waals surface area contributed by atoms with Gasteiger partial charge in [0.15, 0.2) is 11.6 Å². The van der Waals surface area contributed by atoms with Crippen molar-refractivity contribution in [1.29, 1.82) is 0 Å². The molecule has 0 aromatic heterocycles. The van der Waals surface area contributed by atoms with Gasteiger partial charge >= 0.3 is 12.3 Å². The second-order valence-electron chi connectivity index (χ2n) is 2.71. The van der Waals surface area contributed by atoms with Crippen molar-refractivity contribution in [2.45, 2.75) is 6.36 Å². The van der Waals surface area contributed by atoms with E-state index < -0.39 is 40.3 Å². The van der Waals surface area contributed by atoms with E-state index in [1.54, 1.807) is 0 Å². The molecule has 94 valence electrons. The van der Waals surface area contributed by atoms with Crippen LogP contribution in [0.3, 0.4) is 0 Å². The number of ether oxygens (including phenoxy) is 1. The number of aromatic carboxylic acids is 1. The highest BCUT2D eigenvalue weighted by Gasteiger charge is 2.36. The molecule has 3 nitrogen and oxygen atoms in total. The summed E-state index contributed by atoms with van der Waals surface area (Å²) in [5.74, 6) is -7.59. The monoisotopic (exact) mass is 276 g/mol. The first kappa shape index (κ1) is 13.5. The number of benzene rings is 1. The summed E-state index contributed by atoms with van der Waals surface area (Å²) >= 11 is 5.18. The highest BCUT2D eigenvalue weighted by Crippen LogP contribution is 2.33. The van der Waals surface area contributed by atoms with E-state index >= 15 is 0 Å². The largest absolute Gasteiger partial charge is 0.573 e.